The Morgan fingerprint density at radius 3 is 2.38 bits per heavy atom. The molecule has 4 heteroatoms. The van der Waals surface area contributed by atoms with E-state index in [2.05, 4.69) is 0 Å². The Morgan fingerprint density at radius 1 is 1.62 bits per heavy atom. The third-order valence-electron chi connectivity index (χ3n) is 0.873. The number of hydrogen-bond acceptors (Lipinski definition) is 3. The highest BCUT2D eigenvalue weighted by atomic mass is 35.5. The van der Waals surface area contributed by atoms with Crippen molar-refractivity contribution in [3.8, 4) is 0 Å². The summed E-state index contributed by atoms with van der Waals surface area (Å²) in [6, 6.07) is 0. The molecule has 2 nitrogen and oxygen atoms in total. The second kappa shape index (κ2) is 2.27. The van der Waals surface area contributed by atoms with Gasteiger partial charge in [-0.15, -0.1) is 0 Å². The van der Waals surface area contributed by atoms with Crippen molar-refractivity contribution in [1.29, 1.82) is 0 Å². The lowest BCUT2D eigenvalue weighted by Gasteiger charge is -2.04. The Hall–Kier alpha value is 0.300. The van der Waals surface area contributed by atoms with Gasteiger partial charge in [0.1, 0.15) is 11.5 Å². The minimum Gasteiger partial charge on any atom is -0.384 e. The van der Waals surface area contributed by atoms with Gasteiger partial charge in [0.2, 0.25) is 0 Å². The number of hydrogen-bond donors (Lipinski definition) is 2. The number of halogens is 1. The first-order valence-corrected chi connectivity index (χ1v) is 3.41. The molecule has 0 aromatic heterocycles. The summed E-state index contributed by atoms with van der Waals surface area (Å²) >= 11 is 6.51. The number of aliphatic hydroxyl groups excluding tert-OH is 2. The van der Waals surface area contributed by atoms with Crippen LogP contribution in [-0.4, -0.2) is 21.8 Å². The average Bonchev–Trinajstić information content (AvgIpc) is 1.98. The van der Waals surface area contributed by atoms with Crippen LogP contribution < -0.4 is 0 Å². The molecule has 1 aliphatic heterocycles. The van der Waals surface area contributed by atoms with Crippen LogP contribution in [-0.2, 0) is 0 Å². The number of rotatable bonds is 0. The van der Waals surface area contributed by atoms with Crippen LogP contribution in [0.25, 0.3) is 0 Å². The van der Waals surface area contributed by atoms with Crippen molar-refractivity contribution in [3.05, 3.63) is 10.4 Å². The van der Waals surface area contributed by atoms with Gasteiger partial charge in [0.05, 0.1) is 5.03 Å². The summed E-state index contributed by atoms with van der Waals surface area (Å²) < 4.78 is 0. The maximum absolute atomic E-state index is 8.80. The standard InChI is InChI=1S/C4H5ClO2S/c5-2-1-8-4(7)3(2)6/h1,3-4,6-7H/t3-,4-/m1/s1. The molecule has 2 atom stereocenters. The zero-order valence-electron chi connectivity index (χ0n) is 3.91. The molecule has 0 unspecified atom stereocenters. The highest BCUT2D eigenvalue weighted by molar-refractivity contribution is 8.02. The SMILES string of the molecule is O[C@@H]1SC=C(Cl)[C@H]1O. The minimum absolute atomic E-state index is 0.322. The van der Waals surface area contributed by atoms with E-state index < -0.39 is 11.5 Å². The molecule has 46 valence electrons. The van der Waals surface area contributed by atoms with Crippen LogP contribution in [0.4, 0.5) is 0 Å². The van der Waals surface area contributed by atoms with Crippen molar-refractivity contribution in [2.24, 2.45) is 0 Å². The van der Waals surface area contributed by atoms with Gasteiger partial charge in [-0.3, -0.25) is 0 Å². The van der Waals surface area contributed by atoms with Crippen molar-refractivity contribution in [2.45, 2.75) is 11.5 Å². The second-order valence-corrected chi connectivity index (χ2v) is 2.90. The van der Waals surface area contributed by atoms with Gasteiger partial charge in [0.25, 0.3) is 0 Å². The lowest BCUT2D eigenvalue weighted by atomic mass is 10.4. The zero-order chi connectivity index (χ0) is 6.15. The first-order chi connectivity index (χ1) is 3.72. The summed E-state index contributed by atoms with van der Waals surface area (Å²) in [6.07, 6.45) is -0.873. The summed E-state index contributed by atoms with van der Waals surface area (Å²) in [6.45, 7) is 0. The quantitative estimate of drug-likeness (QED) is 0.531. The minimum atomic E-state index is -0.873. The highest BCUT2D eigenvalue weighted by Gasteiger charge is 2.24. The molecule has 0 saturated carbocycles. The van der Waals surface area contributed by atoms with Crippen LogP contribution in [0.5, 0.6) is 0 Å². The summed E-state index contributed by atoms with van der Waals surface area (Å²) in [5.41, 5.74) is -0.762. The fourth-order valence-corrected chi connectivity index (χ4v) is 1.47. The predicted octanol–water partition coefficient (Wildman–Crippen LogP) is 0.493. The highest BCUT2D eigenvalue weighted by Crippen LogP contribution is 2.30. The summed E-state index contributed by atoms with van der Waals surface area (Å²) in [5, 5.41) is 19.4. The third-order valence-corrected chi connectivity index (χ3v) is 2.26. The van der Waals surface area contributed by atoms with Gasteiger partial charge in [0.15, 0.2) is 0 Å². The van der Waals surface area contributed by atoms with Crippen LogP contribution in [0.1, 0.15) is 0 Å². The van der Waals surface area contributed by atoms with E-state index in [9.17, 15) is 0 Å². The summed E-state index contributed by atoms with van der Waals surface area (Å²) in [7, 11) is 0. The van der Waals surface area contributed by atoms with E-state index in [-0.39, 0.29) is 0 Å². The normalized spacial score (nSPS) is 37.6. The van der Waals surface area contributed by atoms with E-state index in [1.165, 1.54) is 5.41 Å². The van der Waals surface area contributed by atoms with Crippen molar-refractivity contribution in [3.63, 3.8) is 0 Å². The fraction of sp³-hybridized carbons (Fsp3) is 0.500. The van der Waals surface area contributed by atoms with E-state index in [1.807, 2.05) is 0 Å². The molecule has 0 saturated heterocycles. The molecule has 0 amide bonds. The second-order valence-electron chi connectivity index (χ2n) is 1.47. The third kappa shape index (κ3) is 1.00. The van der Waals surface area contributed by atoms with Crippen molar-refractivity contribution < 1.29 is 10.2 Å². The van der Waals surface area contributed by atoms with Gasteiger partial charge in [0, 0.05) is 0 Å². The Balaban J connectivity index is 2.59. The molecule has 0 aromatic rings. The van der Waals surface area contributed by atoms with E-state index in [0.717, 1.165) is 11.8 Å². The Labute approximate surface area is 56.2 Å². The van der Waals surface area contributed by atoms with E-state index in [1.54, 1.807) is 0 Å². The molecule has 0 fully saturated rings. The van der Waals surface area contributed by atoms with Crippen LogP contribution in [0.2, 0.25) is 0 Å². The van der Waals surface area contributed by atoms with Gasteiger partial charge in [-0.25, -0.2) is 0 Å². The van der Waals surface area contributed by atoms with Gasteiger partial charge in [-0.05, 0) is 5.41 Å². The van der Waals surface area contributed by atoms with Gasteiger partial charge < -0.3 is 10.2 Å². The maximum atomic E-state index is 8.80. The molecule has 0 aromatic carbocycles. The molecule has 1 aliphatic rings. The molecule has 0 aliphatic carbocycles. The molecule has 0 radical (unpaired) electrons. The Morgan fingerprint density at radius 2 is 2.25 bits per heavy atom. The smallest absolute Gasteiger partial charge is 0.134 e. The Bertz CT molecular complexity index is 125. The lowest BCUT2D eigenvalue weighted by molar-refractivity contribution is 0.108. The van der Waals surface area contributed by atoms with Gasteiger partial charge >= 0.3 is 0 Å². The topological polar surface area (TPSA) is 40.5 Å². The van der Waals surface area contributed by atoms with Gasteiger partial charge in [-0.2, -0.15) is 0 Å². The van der Waals surface area contributed by atoms with Crippen LogP contribution >= 0.6 is 23.4 Å². The van der Waals surface area contributed by atoms with Crippen molar-refractivity contribution in [1.82, 2.24) is 0 Å². The molecule has 1 rings (SSSR count). The first-order valence-electron chi connectivity index (χ1n) is 2.09. The summed E-state index contributed by atoms with van der Waals surface area (Å²) in [5.74, 6) is 0. The van der Waals surface area contributed by atoms with E-state index in [4.69, 9.17) is 21.8 Å². The lowest BCUT2D eigenvalue weighted by Crippen LogP contribution is -2.17. The largest absolute Gasteiger partial charge is 0.384 e. The molecule has 0 spiro atoms. The zero-order valence-corrected chi connectivity index (χ0v) is 5.49. The summed E-state index contributed by atoms with van der Waals surface area (Å²) in [4.78, 5) is 0. The van der Waals surface area contributed by atoms with E-state index in [0.29, 0.717) is 5.03 Å². The van der Waals surface area contributed by atoms with Crippen LogP contribution in [0, 0.1) is 0 Å². The number of thioether (sulfide) groups is 1. The molecular weight excluding hydrogens is 148 g/mol. The molecule has 8 heavy (non-hydrogen) atoms. The average molecular weight is 153 g/mol. The maximum Gasteiger partial charge on any atom is 0.134 e. The van der Waals surface area contributed by atoms with Crippen LogP contribution in [0.3, 0.4) is 0 Å². The molecule has 2 N–H and O–H groups in total. The Kier molecular flexibility index (Phi) is 1.82. The fourth-order valence-electron chi connectivity index (χ4n) is 0.415. The van der Waals surface area contributed by atoms with E-state index >= 15 is 0 Å². The van der Waals surface area contributed by atoms with Crippen LogP contribution in [0.15, 0.2) is 10.4 Å². The first kappa shape index (κ1) is 6.42. The molecule has 1 heterocycles. The molecular formula is C4H5ClO2S. The predicted molar refractivity (Wildman–Crippen MR) is 33.5 cm³/mol. The number of aliphatic hydroxyl groups is 2. The molecule has 0 bridgehead atoms. The van der Waals surface area contributed by atoms with Crippen molar-refractivity contribution in [2.75, 3.05) is 0 Å². The van der Waals surface area contributed by atoms with Gasteiger partial charge in [-0.1, -0.05) is 23.4 Å². The monoisotopic (exact) mass is 152 g/mol. The van der Waals surface area contributed by atoms with Crippen molar-refractivity contribution >= 4 is 23.4 Å².